The molecule has 0 aliphatic rings. The Morgan fingerprint density at radius 2 is 1.86 bits per heavy atom. The Labute approximate surface area is 170 Å². The zero-order valence-electron chi connectivity index (χ0n) is 16.1. The van der Waals surface area contributed by atoms with E-state index in [1.165, 1.54) is 29.4 Å². The van der Waals surface area contributed by atoms with E-state index in [1.54, 1.807) is 11.8 Å². The van der Waals surface area contributed by atoms with E-state index in [2.05, 4.69) is 27.8 Å². The van der Waals surface area contributed by atoms with Gasteiger partial charge in [-0.25, -0.2) is 17.8 Å². The molecule has 0 saturated heterocycles. The van der Waals surface area contributed by atoms with Gasteiger partial charge in [-0.05, 0) is 42.3 Å². The first kappa shape index (κ1) is 22.2. The topological polar surface area (TPSA) is 70.6 Å². The number of aliphatic imine (C=N–C) groups is 1. The minimum atomic E-state index is -3.21. The number of nitrogens with zero attached hydrogens (tertiary/aromatic N) is 1. The number of rotatable bonds is 9. The maximum atomic E-state index is 13.6. The van der Waals surface area contributed by atoms with Gasteiger partial charge in [0.1, 0.15) is 5.82 Å². The average molecular weight is 424 g/mol. The third kappa shape index (κ3) is 8.31. The van der Waals surface area contributed by atoms with Crippen molar-refractivity contribution in [2.75, 3.05) is 25.1 Å². The Morgan fingerprint density at radius 3 is 2.54 bits per heavy atom. The normalized spacial score (nSPS) is 12.0. The van der Waals surface area contributed by atoms with Gasteiger partial charge in [-0.2, -0.15) is 0 Å². The van der Waals surface area contributed by atoms with E-state index in [0.717, 1.165) is 5.75 Å². The molecule has 8 heteroatoms. The fourth-order valence-corrected chi connectivity index (χ4v) is 4.16. The maximum Gasteiger partial charge on any atom is 0.191 e. The molecule has 2 aromatic carbocycles. The lowest BCUT2D eigenvalue weighted by molar-refractivity contribution is 0.600. The van der Waals surface area contributed by atoms with Crippen LogP contribution in [0.5, 0.6) is 0 Å². The second kappa shape index (κ2) is 11.1. The summed E-state index contributed by atoms with van der Waals surface area (Å²) >= 11 is 1.74. The van der Waals surface area contributed by atoms with Gasteiger partial charge in [0, 0.05) is 30.0 Å². The van der Waals surface area contributed by atoms with Crippen molar-refractivity contribution in [1.29, 1.82) is 0 Å². The van der Waals surface area contributed by atoms with E-state index in [1.807, 2.05) is 25.1 Å². The van der Waals surface area contributed by atoms with Crippen LogP contribution in [0.4, 0.5) is 4.39 Å². The number of nitrogens with one attached hydrogen (secondary N) is 2. The standard InChI is InChI=1S/C20H26FN3O2S2/c1-3-22-20(23-11-12-27-19-7-5-4-6-8-19)24-14-17-13-18(21)10-9-16(17)15-28(2,25)26/h4-10,13H,3,11-12,14-15H2,1-2H3,(H2,22,23,24). The Bertz CT molecular complexity index is 888. The highest BCUT2D eigenvalue weighted by Crippen LogP contribution is 2.16. The highest BCUT2D eigenvalue weighted by atomic mass is 32.2. The van der Waals surface area contributed by atoms with E-state index in [-0.39, 0.29) is 12.3 Å². The summed E-state index contributed by atoms with van der Waals surface area (Å²) in [5.74, 6) is 0.953. The van der Waals surface area contributed by atoms with Gasteiger partial charge in [-0.1, -0.05) is 24.3 Å². The Hall–Kier alpha value is -2.06. The van der Waals surface area contributed by atoms with Crippen molar-refractivity contribution in [3.63, 3.8) is 0 Å². The molecule has 0 spiro atoms. The highest BCUT2D eigenvalue weighted by molar-refractivity contribution is 7.99. The van der Waals surface area contributed by atoms with Gasteiger partial charge in [-0.3, -0.25) is 0 Å². The first-order chi connectivity index (χ1) is 13.4. The molecular formula is C20H26FN3O2S2. The summed E-state index contributed by atoms with van der Waals surface area (Å²) in [5.41, 5.74) is 1.14. The summed E-state index contributed by atoms with van der Waals surface area (Å²) < 4.78 is 36.9. The van der Waals surface area contributed by atoms with Crippen molar-refractivity contribution in [2.24, 2.45) is 4.99 Å². The summed E-state index contributed by atoms with van der Waals surface area (Å²) in [7, 11) is -3.21. The molecule has 2 N–H and O–H groups in total. The van der Waals surface area contributed by atoms with Gasteiger partial charge in [0.25, 0.3) is 0 Å². The molecule has 152 valence electrons. The molecule has 0 amide bonds. The SMILES string of the molecule is CCNC(=NCc1cc(F)ccc1CS(C)(=O)=O)NCCSc1ccccc1. The van der Waals surface area contributed by atoms with Gasteiger partial charge in [0.15, 0.2) is 15.8 Å². The molecule has 28 heavy (non-hydrogen) atoms. The third-order valence-corrected chi connectivity index (χ3v) is 5.59. The van der Waals surface area contributed by atoms with Gasteiger partial charge >= 0.3 is 0 Å². The van der Waals surface area contributed by atoms with Crippen molar-refractivity contribution in [3.8, 4) is 0 Å². The molecule has 0 aliphatic heterocycles. The largest absolute Gasteiger partial charge is 0.357 e. The van der Waals surface area contributed by atoms with Crippen molar-refractivity contribution in [1.82, 2.24) is 10.6 Å². The molecule has 0 bridgehead atoms. The van der Waals surface area contributed by atoms with Crippen LogP contribution in [0, 0.1) is 5.82 Å². The minimum Gasteiger partial charge on any atom is -0.357 e. The Kier molecular flexibility index (Phi) is 8.79. The number of benzene rings is 2. The maximum absolute atomic E-state index is 13.6. The molecule has 0 unspecified atom stereocenters. The second-order valence-electron chi connectivity index (χ2n) is 6.27. The molecule has 0 fully saturated rings. The number of hydrogen-bond acceptors (Lipinski definition) is 4. The second-order valence-corrected chi connectivity index (χ2v) is 9.58. The van der Waals surface area contributed by atoms with Crippen LogP contribution in [0.25, 0.3) is 0 Å². The molecule has 0 aromatic heterocycles. The molecule has 0 atom stereocenters. The average Bonchev–Trinajstić information content (AvgIpc) is 2.65. The number of guanidine groups is 1. The molecule has 0 aliphatic carbocycles. The fraction of sp³-hybridized carbons (Fsp3) is 0.350. The summed E-state index contributed by atoms with van der Waals surface area (Å²) in [6.07, 6.45) is 1.17. The van der Waals surface area contributed by atoms with Crippen LogP contribution in [0.3, 0.4) is 0 Å². The van der Waals surface area contributed by atoms with Gasteiger partial charge in [0.05, 0.1) is 12.3 Å². The molecule has 0 saturated carbocycles. The molecule has 2 rings (SSSR count). The first-order valence-electron chi connectivity index (χ1n) is 9.02. The minimum absolute atomic E-state index is 0.129. The van der Waals surface area contributed by atoms with Crippen LogP contribution in [0.2, 0.25) is 0 Å². The predicted molar refractivity (Wildman–Crippen MR) is 115 cm³/mol. The lowest BCUT2D eigenvalue weighted by Gasteiger charge is -2.12. The van der Waals surface area contributed by atoms with Crippen LogP contribution in [0.1, 0.15) is 18.1 Å². The van der Waals surface area contributed by atoms with Crippen molar-refractivity contribution in [3.05, 3.63) is 65.5 Å². The van der Waals surface area contributed by atoms with E-state index >= 15 is 0 Å². The number of sulfone groups is 1. The highest BCUT2D eigenvalue weighted by Gasteiger charge is 2.10. The van der Waals surface area contributed by atoms with E-state index in [9.17, 15) is 12.8 Å². The number of thioether (sulfide) groups is 1. The third-order valence-electron chi connectivity index (χ3n) is 3.74. The molecular weight excluding hydrogens is 397 g/mol. The van der Waals surface area contributed by atoms with Gasteiger partial charge < -0.3 is 10.6 Å². The molecule has 5 nitrogen and oxygen atoms in total. The summed E-state index contributed by atoms with van der Waals surface area (Å²) in [5, 5.41) is 6.40. The molecule has 2 aromatic rings. The number of hydrogen-bond donors (Lipinski definition) is 2. The lowest BCUT2D eigenvalue weighted by Crippen LogP contribution is -2.38. The Balaban J connectivity index is 1.98. The monoisotopic (exact) mass is 423 g/mol. The Morgan fingerprint density at radius 1 is 1.11 bits per heavy atom. The molecule has 0 heterocycles. The predicted octanol–water partition coefficient (Wildman–Crippen LogP) is 3.22. The van der Waals surface area contributed by atoms with E-state index in [4.69, 9.17) is 0 Å². The number of halogens is 1. The quantitative estimate of drug-likeness (QED) is 0.280. The van der Waals surface area contributed by atoms with Gasteiger partial charge in [0.2, 0.25) is 0 Å². The van der Waals surface area contributed by atoms with Crippen LogP contribution >= 0.6 is 11.8 Å². The zero-order chi connectivity index (χ0) is 20.4. The van der Waals surface area contributed by atoms with Crippen LogP contribution < -0.4 is 10.6 Å². The smallest absolute Gasteiger partial charge is 0.191 e. The summed E-state index contributed by atoms with van der Waals surface area (Å²) in [4.78, 5) is 5.69. The van der Waals surface area contributed by atoms with Crippen LogP contribution in [-0.4, -0.2) is 39.5 Å². The lowest BCUT2D eigenvalue weighted by atomic mass is 10.1. The summed E-state index contributed by atoms with van der Waals surface area (Å²) in [6.45, 7) is 3.57. The van der Waals surface area contributed by atoms with Crippen LogP contribution in [0.15, 0.2) is 58.4 Å². The van der Waals surface area contributed by atoms with Gasteiger partial charge in [-0.15, -0.1) is 11.8 Å². The fourth-order valence-electron chi connectivity index (χ4n) is 2.53. The van der Waals surface area contributed by atoms with Crippen LogP contribution in [-0.2, 0) is 22.1 Å². The zero-order valence-corrected chi connectivity index (χ0v) is 17.7. The van der Waals surface area contributed by atoms with Crippen molar-refractivity contribution < 1.29 is 12.8 Å². The summed E-state index contributed by atoms with van der Waals surface area (Å²) in [6, 6.07) is 14.3. The van der Waals surface area contributed by atoms with E-state index in [0.29, 0.717) is 30.2 Å². The van der Waals surface area contributed by atoms with E-state index < -0.39 is 15.7 Å². The molecule has 0 radical (unpaired) electrons. The first-order valence-corrected chi connectivity index (χ1v) is 12.1. The van der Waals surface area contributed by atoms with Crippen molar-refractivity contribution >= 4 is 27.6 Å². The van der Waals surface area contributed by atoms with Crippen molar-refractivity contribution in [2.45, 2.75) is 24.1 Å².